The molecule has 2 atom stereocenters. The van der Waals surface area contributed by atoms with Crippen LogP contribution in [0.1, 0.15) is 39.0 Å². The zero-order valence-corrected chi connectivity index (χ0v) is 10.5. The SMILES string of the molecule is C=C[C@H](C[C@]1(OC)CCCCC1=O)OC(C)=O. The number of methoxy groups -OCH3 is 1. The van der Waals surface area contributed by atoms with E-state index in [4.69, 9.17) is 9.47 Å². The smallest absolute Gasteiger partial charge is 0.303 e. The lowest BCUT2D eigenvalue weighted by atomic mass is 9.79. The Morgan fingerprint density at radius 3 is 2.76 bits per heavy atom. The summed E-state index contributed by atoms with van der Waals surface area (Å²) in [6, 6.07) is 0. The summed E-state index contributed by atoms with van der Waals surface area (Å²) in [6.45, 7) is 4.97. The minimum Gasteiger partial charge on any atom is -0.458 e. The van der Waals surface area contributed by atoms with Gasteiger partial charge in [-0.05, 0) is 19.3 Å². The van der Waals surface area contributed by atoms with Gasteiger partial charge in [0.25, 0.3) is 0 Å². The van der Waals surface area contributed by atoms with E-state index in [2.05, 4.69) is 6.58 Å². The van der Waals surface area contributed by atoms with Gasteiger partial charge in [-0.3, -0.25) is 9.59 Å². The van der Waals surface area contributed by atoms with Crippen LogP contribution >= 0.6 is 0 Å². The van der Waals surface area contributed by atoms with Crippen molar-refractivity contribution in [3.05, 3.63) is 12.7 Å². The van der Waals surface area contributed by atoms with E-state index in [1.165, 1.54) is 14.0 Å². The topological polar surface area (TPSA) is 52.6 Å². The minimum atomic E-state index is -0.799. The van der Waals surface area contributed by atoms with Crippen molar-refractivity contribution < 1.29 is 19.1 Å². The summed E-state index contributed by atoms with van der Waals surface area (Å²) < 4.78 is 10.5. The molecule has 1 aliphatic carbocycles. The van der Waals surface area contributed by atoms with Gasteiger partial charge in [0.15, 0.2) is 5.78 Å². The number of ketones is 1. The summed E-state index contributed by atoms with van der Waals surface area (Å²) in [6.07, 6.45) is 4.55. The van der Waals surface area contributed by atoms with Gasteiger partial charge in [0, 0.05) is 26.9 Å². The molecule has 0 radical (unpaired) electrons. The molecule has 96 valence electrons. The molecule has 0 N–H and O–H groups in total. The molecule has 1 fully saturated rings. The first kappa shape index (κ1) is 13.9. The number of ether oxygens (including phenoxy) is 2. The van der Waals surface area contributed by atoms with Gasteiger partial charge < -0.3 is 9.47 Å². The van der Waals surface area contributed by atoms with E-state index in [1.54, 1.807) is 6.08 Å². The third-order valence-electron chi connectivity index (χ3n) is 3.24. The Bertz CT molecular complexity index is 311. The van der Waals surface area contributed by atoms with Crippen LogP contribution in [0.2, 0.25) is 0 Å². The molecule has 0 saturated heterocycles. The van der Waals surface area contributed by atoms with Gasteiger partial charge in [0.1, 0.15) is 11.7 Å². The first-order chi connectivity index (χ1) is 8.04. The lowest BCUT2D eigenvalue weighted by molar-refractivity contribution is -0.156. The van der Waals surface area contributed by atoms with Crippen LogP contribution in [-0.2, 0) is 19.1 Å². The Balaban J connectivity index is 2.75. The van der Waals surface area contributed by atoms with Crippen molar-refractivity contribution in [3.8, 4) is 0 Å². The summed E-state index contributed by atoms with van der Waals surface area (Å²) in [5.41, 5.74) is -0.799. The highest BCUT2D eigenvalue weighted by Gasteiger charge is 2.41. The van der Waals surface area contributed by atoms with Crippen molar-refractivity contribution in [2.75, 3.05) is 7.11 Å². The molecular formula is C13H20O4. The van der Waals surface area contributed by atoms with Gasteiger partial charge in [0.05, 0.1) is 0 Å². The molecule has 17 heavy (non-hydrogen) atoms. The van der Waals surface area contributed by atoms with E-state index in [9.17, 15) is 9.59 Å². The minimum absolute atomic E-state index is 0.102. The van der Waals surface area contributed by atoms with Gasteiger partial charge >= 0.3 is 5.97 Å². The number of carbonyl (C=O) groups excluding carboxylic acids is 2. The molecule has 0 spiro atoms. The predicted molar refractivity (Wildman–Crippen MR) is 63.6 cm³/mol. The van der Waals surface area contributed by atoms with Gasteiger partial charge in [-0.1, -0.05) is 12.7 Å². The zero-order chi connectivity index (χ0) is 12.9. The fraction of sp³-hybridized carbons (Fsp3) is 0.692. The summed E-state index contributed by atoms with van der Waals surface area (Å²) in [7, 11) is 1.54. The molecular weight excluding hydrogens is 220 g/mol. The molecule has 0 aliphatic heterocycles. The first-order valence-corrected chi connectivity index (χ1v) is 5.92. The van der Waals surface area contributed by atoms with Crippen molar-refractivity contribution in [2.45, 2.75) is 50.7 Å². The van der Waals surface area contributed by atoms with E-state index in [0.29, 0.717) is 19.3 Å². The predicted octanol–water partition coefficient (Wildman–Crippen LogP) is 2.02. The van der Waals surface area contributed by atoms with Crippen LogP contribution in [0.3, 0.4) is 0 Å². The molecule has 0 bridgehead atoms. The van der Waals surface area contributed by atoms with E-state index < -0.39 is 11.7 Å². The Kier molecular flexibility index (Phi) is 4.87. The number of rotatable bonds is 5. The average molecular weight is 240 g/mol. The zero-order valence-electron chi connectivity index (χ0n) is 10.5. The number of hydrogen-bond acceptors (Lipinski definition) is 4. The highest BCUT2D eigenvalue weighted by atomic mass is 16.5. The van der Waals surface area contributed by atoms with Crippen molar-refractivity contribution >= 4 is 11.8 Å². The van der Waals surface area contributed by atoms with E-state index in [0.717, 1.165) is 12.8 Å². The summed E-state index contributed by atoms with van der Waals surface area (Å²) >= 11 is 0. The van der Waals surface area contributed by atoms with Crippen molar-refractivity contribution in [2.24, 2.45) is 0 Å². The molecule has 4 nitrogen and oxygen atoms in total. The second kappa shape index (κ2) is 5.96. The second-order valence-corrected chi connectivity index (χ2v) is 4.42. The summed E-state index contributed by atoms with van der Waals surface area (Å²) in [4.78, 5) is 22.9. The Morgan fingerprint density at radius 2 is 2.29 bits per heavy atom. The number of carbonyl (C=O) groups is 2. The van der Waals surface area contributed by atoms with E-state index in [-0.39, 0.29) is 11.8 Å². The maximum atomic E-state index is 12.0. The monoisotopic (exact) mass is 240 g/mol. The summed E-state index contributed by atoms with van der Waals surface area (Å²) in [5, 5.41) is 0. The number of hydrogen-bond donors (Lipinski definition) is 0. The second-order valence-electron chi connectivity index (χ2n) is 4.42. The molecule has 4 heteroatoms. The standard InChI is InChI=1S/C13H20O4/c1-4-11(17-10(2)14)9-13(16-3)8-6-5-7-12(13)15/h4,11H,1,5-9H2,2-3H3/t11-,13-/m1/s1. The number of esters is 1. The normalized spacial score (nSPS) is 26.4. The third-order valence-corrected chi connectivity index (χ3v) is 3.24. The van der Waals surface area contributed by atoms with E-state index in [1.807, 2.05) is 0 Å². The lowest BCUT2D eigenvalue weighted by Gasteiger charge is -2.36. The Hall–Kier alpha value is -1.16. The maximum absolute atomic E-state index is 12.0. The average Bonchev–Trinajstić information content (AvgIpc) is 2.30. The van der Waals surface area contributed by atoms with Crippen molar-refractivity contribution in [1.29, 1.82) is 0 Å². The molecule has 0 unspecified atom stereocenters. The van der Waals surface area contributed by atoms with Gasteiger partial charge in [-0.25, -0.2) is 0 Å². The van der Waals surface area contributed by atoms with Gasteiger partial charge in [-0.2, -0.15) is 0 Å². The van der Waals surface area contributed by atoms with Gasteiger partial charge in [0.2, 0.25) is 0 Å². The van der Waals surface area contributed by atoms with Crippen LogP contribution in [0.4, 0.5) is 0 Å². The van der Waals surface area contributed by atoms with Crippen molar-refractivity contribution in [1.82, 2.24) is 0 Å². The fourth-order valence-electron chi connectivity index (χ4n) is 2.29. The van der Waals surface area contributed by atoms with Crippen LogP contribution in [0.5, 0.6) is 0 Å². The molecule has 1 saturated carbocycles. The molecule has 0 aromatic heterocycles. The first-order valence-electron chi connectivity index (χ1n) is 5.92. The fourth-order valence-corrected chi connectivity index (χ4v) is 2.29. The van der Waals surface area contributed by atoms with Crippen LogP contribution in [0.15, 0.2) is 12.7 Å². The largest absolute Gasteiger partial charge is 0.458 e. The molecule has 1 aliphatic rings. The van der Waals surface area contributed by atoms with Crippen LogP contribution in [-0.4, -0.2) is 30.6 Å². The molecule has 0 aromatic carbocycles. The third kappa shape index (κ3) is 3.40. The molecule has 0 heterocycles. The summed E-state index contributed by atoms with van der Waals surface area (Å²) in [5.74, 6) is -0.269. The molecule has 0 amide bonds. The van der Waals surface area contributed by atoms with E-state index >= 15 is 0 Å². The Labute approximate surface area is 102 Å². The van der Waals surface area contributed by atoms with Crippen LogP contribution in [0, 0.1) is 0 Å². The maximum Gasteiger partial charge on any atom is 0.303 e. The Morgan fingerprint density at radius 1 is 1.59 bits per heavy atom. The highest BCUT2D eigenvalue weighted by molar-refractivity contribution is 5.88. The quantitative estimate of drug-likeness (QED) is 0.545. The number of Topliss-reactive ketones (excluding diaryl/α,β-unsaturated/α-hetero) is 1. The van der Waals surface area contributed by atoms with Crippen molar-refractivity contribution in [3.63, 3.8) is 0 Å². The molecule has 0 aromatic rings. The van der Waals surface area contributed by atoms with Gasteiger partial charge in [-0.15, -0.1) is 0 Å². The lowest BCUT2D eigenvalue weighted by Crippen LogP contribution is -2.46. The van der Waals surface area contributed by atoms with Crippen LogP contribution < -0.4 is 0 Å². The highest BCUT2D eigenvalue weighted by Crippen LogP contribution is 2.33. The molecule has 1 rings (SSSR count). The van der Waals surface area contributed by atoms with Crippen LogP contribution in [0.25, 0.3) is 0 Å².